The topological polar surface area (TPSA) is 134 Å². The van der Waals surface area contributed by atoms with Crippen molar-refractivity contribution < 1.29 is 37.6 Å². The molecule has 0 saturated carbocycles. The lowest BCUT2D eigenvalue weighted by Crippen LogP contribution is -2.29. The molecule has 0 heterocycles. The Hall–Kier alpha value is -2.55. The van der Waals surface area contributed by atoms with Crippen molar-refractivity contribution in [3.8, 4) is 0 Å². The zero-order valence-corrected chi connectivity index (χ0v) is 34.1. The Morgan fingerprint density at radius 1 is 0.585 bits per heavy atom. The van der Waals surface area contributed by atoms with Gasteiger partial charge in [-0.15, -0.1) is 0 Å². The zero-order chi connectivity index (χ0) is 38.9. The second-order valence-corrected chi connectivity index (χ2v) is 14.6. The van der Waals surface area contributed by atoms with Crippen LogP contribution in [-0.4, -0.2) is 49.3 Å². The number of unbranched alkanes of at least 4 members (excludes halogenated alkanes) is 12. The number of phosphoric ester groups is 1. The quantitative estimate of drug-likeness (QED) is 0.0274. The highest BCUT2D eigenvalue weighted by Gasteiger charge is 2.25. The van der Waals surface area contributed by atoms with Gasteiger partial charge in [0.1, 0.15) is 6.61 Å². The van der Waals surface area contributed by atoms with Crippen molar-refractivity contribution >= 4 is 19.8 Å². The third kappa shape index (κ3) is 39.0. The van der Waals surface area contributed by atoms with Gasteiger partial charge in [-0.2, -0.15) is 0 Å². The van der Waals surface area contributed by atoms with Crippen molar-refractivity contribution in [2.75, 3.05) is 26.4 Å². The smallest absolute Gasteiger partial charge is 0.462 e. The van der Waals surface area contributed by atoms with Crippen LogP contribution in [0.5, 0.6) is 0 Å². The van der Waals surface area contributed by atoms with Crippen LogP contribution < -0.4 is 5.73 Å². The van der Waals surface area contributed by atoms with Gasteiger partial charge >= 0.3 is 19.8 Å². The largest absolute Gasteiger partial charge is 0.472 e. The van der Waals surface area contributed by atoms with Crippen molar-refractivity contribution in [1.29, 1.82) is 0 Å². The van der Waals surface area contributed by atoms with Crippen molar-refractivity contribution in [2.24, 2.45) is 5.73 Å². The number of carbonyl (C=O) groups is 2. The Balaban J connectivity index is 4.32. The Kier molecular flexibility index (Phi) is 37.3. The van der Waals surface area contributed by atoms with Crippen LogP contribution in [0.4, 0.5) is 0 Å². The molecule has 2 atom stereocenters. The summed E-state index contributed by atoms with van der Waals surface area (Å²) in [6, 6.07) is 0. The number of allylic oxidation sites excluding steroid dienone is 12. The summed E-state index contributed by atoms with van der Waals surface area (Å²) in [5.41, 5.74) is 5.33. The van der Waals surface area contributed by atoms with Gasteiger partial charge in [0.25, 0.3) is 0 Å². The van der Waals surface area contributed by atoms with E-state index in [-0.39, 0.29) is 32.6 Å². The first-order valence-electron chi connectivity index (χ1n) is 20.4. The molecule has 0 amide bonds. The van der Waals surface area contributed by atoms with Crippen molar-refractivity contribution in [3.63, 3.8) is 0 Å². The predicted octanol–water partition coefficient (Wildman–Crippen LogP) is 11.5. The van der Waals surface area contributed by atoms with Crippen LogP contribution in [0.2, 0.25) is 0 Å². The molecular weight excluding hydrogens is 689 g/mol. The van der Waals surface area contributed by atoms with Gasteiger partial charge in [-0.05, 0) is 77.0 Å². The molecule has 0 spiro atoms. The van der Waals surface area contributed by atoms with Crippen LogP contribution in [0.25, 0.3) is 0 Å². The summed E-state index contributed by atoms with van der Waals surface area (Å²) in [4.78, 5) is 34.8. The number of esters is 2. The minimum absolute atomic E-state index is 0.0399. The molecule has 0 bridgehead atoms. The first-order valence-corrected chi connectivity index (χ1v) is 21.9. The van der Waals surface area contributed by atoms with Crippen molar-refractivity contribution in [1.82, 2.24) is 0 Å². The zero-order valence-electron chi connectivity index (χ0n) is 33.2. The lowest BCUT2D eigenvalue weighted by atomic mass is 10.1. The molecule has 0 aromatic rings. The summed E-state index contributed by atoms with van der Waals surface area (Å²) in [7, 11) is -4.39. The monoisotopic (exact) mass is 764 g/mol. The van der Waals surface area contributed by atoms with Crippen LogP contribution in [0, 0.1) is 0 Å². The number of hydrogen-bond donors (Lipinski definition) is 2. The number of hydrogen-bond acceptors (Lipinski definition) is 8. The lowest BCUT2D eigenvalue weighted by molar-refractivity contribution is -0.161. The third-order valence-corrected chi connectivity index (χ3v) is 9.06. The second-order valence-electron chi connectivity index (χ2n) is 13.1. The van der Waals surface area contributed by atoms with Crippen LogP contribution >= 0.6 is 7.82 Å². The predicted molar refractivity (Wildman–Crippen MR) is 219 cm³/mol. The SMILES string of the molecule is CC/C=C\C/C=C\C/C=C\C/C=C\C/C=C\CCCC(=O)O[C@H](COC(=O)CCCCCCC/C=C\CCCCCCCC)COP(=O)(O)OCCN. The molecule has 53 heavy (non-hydrogen) atoms. The molecule has 10 heteroatoms. The summed E-state index contributed by atoms with van der Waals surface area (Å²) in [6.07, 6.45) is 46.5. The van der Waals surface area contributed by atoms with E-state index in [0.29, 0.717) is 19.3 Å². The van der Waals surface area contributed by atoms with E-state index in [1.54, 1.807) is 0 Å². The van der Waals surface area contributed by atoms with Crippen LogP contribution in [-0.2, 0) is 32.7 Å². The van der Waals surface area contributed by atoms with Gasteiger partial charge in [0, 0.05) is 19.4 Å². The highest BCUT2D eigenvalue weighted by atomic mass is 31.2. The van der Waals surface area contributed by atoms with E-state index < -0.39 is 32.5 Å². The van der Waals surface area contributed by atoms with Gasteiger partial charge in [0.2, 0.25) is 0 Å². The van der Waals surface area contributed by atoms with Gasteiger partial charge in [0.15, 0.2) is 6.10 Å². The standard InChI is InChI=1S/C43H74NO8P/c1-3-5-7-9-11-13-15-17-19-20-22-24-26-28-30-32-34-36-43(46)52-41(40-51-53(47,48)50-38-37-44)39-49-42(45)35-33-31-29-27-25-23-21-18-16-14-12-10-8-6-4-2/h5,7,11,13,17-19,21-22,24,28,30,41H,3-4,6,8-10,12,14-16,20,23,25-27,29,31-40,44H2,1-2H3,(H,47,48)/b7-5-,13-11-,19-17-,21-18-,24-22-,30-28-/t41-/m1/s1. The minimum atomic E-state index is -4.39. The Morgan fingerprint density at radius 3 is 1.62 bits per heavy atom. The van der Waals surface area contributed by atoms with Crippen LogP contribution in [0.15, 0.2) is 72.9 Å². The first-order chi connectivity index (χ1) is 25.8. The van der Waals surface area contributed by atoms with Crippen LogP contribution in [0.1, 0.15) is 155 Å². The Bertz CT molecular complexity index is 1100. The number of ether oxygens (including phenoxy) is 2. The van der Waals surface area contributed by atoms with E-state index in [0.717, 1.165) is 64.2 Å². The number of carbonyl (C=O) groups excluding carboxylic acids is 2. The molecule has 0 aliphatic rings. The molecule has 0 aromatic carbocycles. The number of rotatable bonds is 37. The molecular formula is C43H74NO8P. The average Bonchev–Trinajstić information content (AvgIpc) is 3.14. The van der Waals surface area contributed by atoms with Crippen molar-refractivity contribution in [2.45, 2.75) is 161 Å². The summed E-state index contributed by atoms with van der Waals surface area (Å²) in [5.74, 6) is -0.913. The first kappa shape index (κ1) is 50.5. The molecule has 0 rings (SSSR count). The fraction of sp³-hybridized carbons (Fsp3) is 0.674. The fourth-order valence-corrected chi connectivity index (χ4v) is 5.84. The summed E-state index contributed by atoms with van der Waals surface area (Å²) < 4.78 is 32.6. The molecule has 0 aromatic heterocycles. The Labute approximate surface area is 322 Å². The fourth-order valence-electron chi connectivity index (χ4n) is 5.07. The van der Waals surface area contributed by atoms with E-state index >= 15 is 0 Å². The van der Waals surface area contributed by atoms with Gasteiger partial charge < -0.3 is 20.1 Å². The molecule has 1 unspecified atom stereocenters. The molecule has 0 radical (unpaired) electrons. The highest BCUT2D eigenvalue weighted by Crippen LogP contribution is 2.43. The molecule has 9 nitrogen and oxygen atoms in total. The van der Waals surface area contributed by atoms with E-state index in [4.69, 9.17) is 24.3 Å². The minimum Gasteiger partial charge on any atom is -0.462 e. The van der Waals surface area contributed by atoms with Crippen molar-refractivity contribution in [3.05, 3.63) is 72.9 Å². The second kappa shape index (κ2) is 39.2. The van der Waals surface area contributed by atoms with Crippen LogP contribution in [0.3, 0.4) is 0 Å². The molecule has 0 saturated heterocycles. The van der Waals surface area contributed by atoms with Gasteiger partial charge in [-0.1, -0.05) is 138 Å². The average molecular weight is 764 g/mol. The lowest BCUT2D eigenvalue weighted by Gasteiger charge is -2.19. The number of phosphoric acid groups is 1. The number of nitrogens with two attached hydrogens (primary N) is 1. The molecule has 0 fully saturated rings. The van der Waals surface area contributed by atoms with Gasteiger partial charge in [-0.25, -0.2) is 4.57 Å². The summed E-state index contributed by atoms with van der Waals surface area (Å²) >= 11 is 0. The molecule has 0 aliphatic carbocycles. The summed E-state index contributed by atoms with van der Waals surface area (Å²) in [6.45, 7) is 3.51. The Morgan fingerprint density at radius 2 is 1.06 bits per heavy atom. The maximum atomic E-state index is 12.5. The van der Waals surface area contributed by atoms with Gasteiger partial charge in [-0.3, -0.25) is 18.6 Å². The van der Waals surface area contributed by atoms with Gasteiger partial charge in [0.05, 0.1) is 13.2 Å². The molecule has 3 N–H and O–H groups in total. The van der Waals surface area contributed by atoms with E-state index in [1.165, 1.54) is 44.9 Å². The van der Waals surface area contributed by atoms with E-state index in [2.05, 4.69) is 80.7 Å². The van der Waals surface area contributed by atoms with E-state index in [9.17, 15) is 19.0 Å². The highest BCUT2D eigenvalue weighted by molar-refractivity contribution is 7.47. The maximum absolute atomic E-state index is 12.5. The normalized spacial score (nSPS) is 14.1. The molecule has 0 aliphatic heterocycles. The molecule has 304 valence electrons. The van der Waals surface area contributed by atoms with E-state index in [1.807, 2.05) is 6.08 Å². The third-order valence-electron chi connectivity index (χ3n) is 8.08. The summed E-state index contributed by atoms with van der Waals surface area (Å²) in [5, 5.41) is 0. The maximum Gasteiger partial charge on any atom is 0.472 e.